The molecule has 306 valence electrons. The Balaban J connectivity index is 0.0000146. The smallest absolute Gasteiger partial charge is 0.135 e. The number of aryl methyl sites for hydroxylation is 4. The van der Waals surface area contributed by atoms with Crippen LogP contribution in [-0.2, 0) is 16.5 Å². The minimum atomic E-state index is 0. The van der Waals surface area contributed by atoms with Gasteiger partial charge >= 0.3 is 0 Å². The van der Waals surface area contributed by atoms with Gasteiger partial charge in [0.2, 0.25) is 0 Å². The summed E-state index contributed by atoms with van der Waals surface area (Å²) in [6, 6.07) is 13.1. The maximum Gasteiger partial charge on any atom is 0.135 e. The van der Waals surface area contributed by atoms with Crippen molar-refractivity contribution in [3.8, 4) is 11.8 Å². The quantitative estimate of drug-likeness (QED) is 0.0315. The molecule has 0 heterocycles. The Kier molecular flexibility index (Phi) is 31.5. The van der Waals surface area contributed by atoms with Crippen molar-refractivity contribution < 1.29 is 16.5 Å². The van der Waals surface area contributed by atoms with Gasteiger partial charge in [0, 0.05) is 22.9 Å². The summed E-state index contributed by atoms with van der Waals surface area (Å²) >= 11 is 0. The fourth-order valence-corrected chi connectivity index (χ4v) is 7.55. The second-order valence-corrected chi connectivity index (χ2v) is 16.4. The summed E-state index contributed by atoms with van der Waals surface area (Å²) in [6.45, 7) is 13.1. The van der Waals surface area contributed by atoms with E-state index in [-0.39, 0.29) is 16.5 Å². The van der Waals surface area contributed by atoms with Crippen LogP contribution in [0.15, 0.2) is 46.4 Å². The van der Waals surface area contributed by atoms with Crippen molar-refractivity contribution in [2.24, 2.45) is 9.98 Å². The Morgan fingerprint density at radius 2 is 0.722 bits per heavy atom. The summed E-state index contributed by atoms with van der Waals surface area (Å²) in [5.41, 5.74) is 8.76. The van der Waals surface area contributed by atoms with E-state index < -0.39 is 0 Å². The van der Waals surface area contributed by atoms with Gasteiger partial charge in [-0.1, -0.05) is 192 Å². The summed E-state index contributed by atoms with van der Waals surface area (Å²) in [6.07, 6.45) is 39.6. The molecular weight excluding hydrogens is 699 g/mol. The molecule has 0 radical (unpaired) electrons. The minimum Gasteiger partial charge on any atom is -0.250 e. The van der Waals surface area contributed by atoms with Crippen molar-refractivity contribution >= 4 is 22.8 Å². The molecule has 0 saturated carbocycles. The zero-order valence-corrected chi connectivity index (χ0v) is 37.2. The number of nitrogens with zero attached hydrogens (tertiary/aromatic N) is 2. The SMILES string of the molecule is CCCCCCCCCCCCCCCCCCCCCCCCCCCC#CC(=Nc1cc(C)cc(C)c1)C(CCCC)=Nc1cc(C)cc(C)c1.[Ni]. The van der Waals surface area contributed by atoms with E-state index in [4.69, 9.17) is 9.98 Å². The van der Waals surface area contributed by atoms with E-state index in [1.807, 2.05) is 0 Å². The van der Waals surface area contributed by atoms with Crippen molar-refractivity contribution in [3.05, 3.63) is 58.7 Å². The molecule has 0 aromatic heterocycles. The molecule has 0 spiro atoms. The number of hydrogen-bond acceptors (Lipinski definition) is 2. The molecule has 0 amide bonds. The molecule has 0 aliphatic carbocycles. The number of rotatable bonds is 31. The van der Waals surface area contributed by atoms with E-state index in [2.05, 4.69) is 89.8 Å². The van der Waals surface area contributed by atoms with Crippen molar-refractivity contribution in [1.29, 1.82) is 0 Å². The third kappa shape index (κ3) is 26.6. The average Bonchev–Trinajstić information content (AvgIpc) is 3.11. The molecule has 0 bridgehead atoms. The van der Waals surface area contributed by atoms with Gasteiger partial charge in [-0.15, -0.1) is 0 Å². The van der Waals surface area contributed by atoms with Crippen LogP contribution < -0.4 is 0 Å². The Labute approximate surface area is 346 Å². The summed E-state index contributed by atoms with van der Waals surface area (Å²) in [5, 5.41) is 0. The van der Waals surface area contributed by atoms with Gasteiger partial charge in [-0.25, -0.2) is 4.99 Å². The first-order chi connectivity index (χ1) is 25.9. The van der Waals surface area contributed by atoms with Crippen LogP contribution in [0.3, 0.4) is 0 Å². The first kappa shape index (κ1) is 49.9. The van der Waals surface area contributed by atoms with E-state index in [0.29, 0.717) is 0 Å². The molecule has 0 unspecified atom stereocenters. The molecule has 0 fully saturated rings. The van der Waals surface area contributed by atoms with Gasteiger partial charge in [0.05, 0.1) is 17.1 Å². The molecule has 0 aliphatic rings. The van der Waals surface area contributed by atoms with Crippen molar-refractivity contribution in [2.75, 3.05) is 0 Å². The molecule has 3 heteroatoms. The van der Waals surface area contributed by atoms with Gasteiger partial charge in [0.15, 0.2) is 0 Å². The fourth-order valence-electron chi connectivity index (χ4n) is 7.55. The van der Waals surface area contributed by atoms with Crippen LogP contribution in [-0.4, -0.2) is 11.4 Å². The average molecular weight is 782 g/mol. The Morgan fingerprint density at radius 3 is 1.07 bits per heavy atom. The van der Waals surface area contributed by atoms with Gasteiger partial charge in [-0.05, 0) is 99.4 Å². The monoisotopic (exact) mass is 781 g/mol. The minimum absolute atomic E-state index is 0. The van der Waals surface area contributed by atoms with Crippen LogP contribution in [0.25, 0.3) is 0 Å². The van der Waals surface area contributed by atoms with E-state index in [9.17, 15) is 0 Å². The maximum atomic E-state index is 5.16. The van der Waals surface area contributed by atoms with Crippen molar-refractivity contribution in [1.82, 2.24) is 0 Å². The van der Waals surface area contributed by atoms with Crippen molar-refractivity contribution in [3.63, 3.8) is 0 Å². The largest absolute Gasteiger partial charge is 0.250 e. The number of hydrogen-bond donors (Lipinski definition) is 0. The second kappa shape index (κ2) is 34.1. The van der Waals surface area contributed by atoms with Gasteiger partial charge < -0.3 is 0 Å². The van der Waals surface area contributed by atoms with Crippen LogP contribution in [0.2, 0.25) is 0 Å². The summed E-state index contributed by atoms with van der Waals surface area (Å²) in [7, 11) is 0. The van der Waals surface area contributed by atoms with Crippen molar-refractivity contribution in [2.45, 2.75) is 228 Å². The molecule has 2 rings (SSSR count). The van der Waals surface area contributed by atoms with E-state index in [1.54, 1.807) is 0 Å². The van der Waals surface area contributed by atoms with E-state index in [0.717, 1.165) is 48.5 Å². The van der Waals surface area contributed by atoms with Gasteiger partial charge in [-0.3, -0.25) is 4.99 Å². The normalized spacial score (nSPS) is 11.7. The molecule has 2 nitrogen and oxygen atoms in total. The van der Waals surface area contributed by atoms with Gasteiger partial charge in [-0.2, -0.15) is 0 Å². The van der Waals surface area contributed by atoms with Crippen LogP contribution in [0, 0.1) is 39.5 Å². The van der Waals surface area contributed by atoms with Crippen LogP contribution in [0.5, 0.6) is 0 Å². The predicted molar refractivity (Wildman–Crippen MR) is 239 cm³/mol. The first-order valence-electron chi connectivity index (χ1n) is 22.7. The number of benzene rings is 2. The molecule has 0 aliphatic heterocycles. The standard InChI is InChI=1S/C51H82N2.Ni/c1-7-9-11-12-13-14-15-16-17-18-19-20-21-22-23-24-25-26-27-28-29-30-31-32-33-34-35-37-51(53-49-42-46(5)39-47(6)43-49)50(36-10-8-2)52-48-40-44(3)38-45(4)41-48;/h38-43H,7-34,36H2,1-6H3;. The molecule has 0 saturated heterocycles. The molecule has 0 N–H and O–H groups in total. The fraction of sp³-hybridized carbons (Fsp3) is 0.686. The van der Waals surface area contributed by atoms with Gasteiger partial charge in [0.1, 0.15) is 5.71 Å². The van der Waals surface area contributed by atoms with E-state index >= 15 is 0 Å². The van der Waals surface area contributed by atoms with Crippen LogP contribution in [0.1, 0.15) is 222 Å². The summed E-state index contributed by atoms with van der Waals surface area (Å²) in [4.78, 5) is 10.3. The predicted octanol–water partition coefficient (Wildman–Crippen LogP) is 17.1. The number of unbranched alkanes of at least 4 members (excludes halogenated alkanes) is 26. The Bertz CT molecular complexity index is 1300. The Hall–Kier alpha value is -2.17. The molecule has 2 aromatic rings. The van der Waals surface area contributed by atoms with Crippen LogP contribution >= 0.6 is 0 Å². The molecular formula is C51H82N2Ni. The molecule has 2 aromatic carbocycles. The summed E-state index contributed by atoms with van der Waals surface area (Å²) in [5.74, 6) is 7.01. The zero-order chi connectivity index (χ0) is 38.2. The maximum absolute atomic E-state index is 5.16. The Morgan fingerprint density at radius 1 is 0.407 bits per heavy atom. The summed E-state index contributed by atoms with van der Waals surface area (Å²) < 4.78 is 0. The topological polar surface area (TPSA) is 24.7 Å². The third-order valence-corrected chi connectivity index (χ3v) is 10.6. The first-order valence-corrected chi connectivity index (χ1v) is 22.7. The number of aliphatic imine (C=N–C) groups is 2. The zero-order valence-electron chi connectivity index (χ0n) is 36.2. The third-order valence-electron chi connectivity index (χ3n) is 10.6. The molecule has 0 atom stereocenters. The molecule has 54 heavy (non-hydrogen) atoms. The van der Waals surface area contributed by atoms with E-state index in [1.165, 1.54) is 183 Å². The van der Waals surface area contributed by atoms with Crippen LogP contribution in [0.4, 0.5) is 11.4 Å². The second-order valence-electron chi connectivity index (χ2n) is 16.4. The van der Waals surface area contributed by atoms with Gasteiger partial charge in [0.25, 0.3) is 0 Å².